The van der Waals surface area contributed by atoms with Gasteiger partial charge in [-0.2, -0.15) is 0 Å². The number of para-hydroxylation sites is 2. The summed E-state index contributed by atoms with van der Waals surface area (Å²) < 4.78 is 8.94. The lowest BCUT2D eigenvalue weighted by Gasteiger charge is -2.16. The molecule has 8 heteroatoms. The topological polar surface area (TPSA) is 95.4 Å². The van der Waals surface area contributed by atoms with Crippen LogP contribution in [0.5, 0.6) is 0 Å². The van der Waals surface area contributed by atoms with Gasteiger partial charge in [-0.05, 0) is 35.1 Å². The maximum atomic E-state index is 6.65. The van der Waals surface area contributed by atoms with Gasteiger partial charge in [0.1, 0.15) is 44.3 Å². The average molecular weight is 574 g/mol. The third-order valence-corrected chi connectivity index (χ3v) is 8.76. The second kappa shape index (κ2) is 9.00. The van der Waals surface area contributed by atoms with E-state index in [-0.39, 0.29) is 11.8 Å². The molecule has 4 aromatic carbocycles. The molecule has 0 amide bonds. The number of nitrogens with zero attached hydrogens (tertiary/aromatic N) is 7. The number of rotatable bonds is 3. The molecule has 0 saturated heterocycles. The first-order chi connectivity index (χ1) is 21.5. The molecule has 5 heterocycles. The highest BCUT2D eigenvalue weighted by atomic mass is 16.3. The van der Waals surface area contributed by atoms with E-state index in [1.165, 1.54) is 11.1 Å². The van der Waals surface area contributed by atoms with Gasteiger partial charge in [0.2, 0.25) is 0 Å². The Bertz CT molecular complexity index is 2600. The van der Waals surface area contributed by atoms with E-state index in [1.54, 1.807) is 24.8 Å². The van der Waals surface area contributed by atoms with Gasteiger partial charge in [0, 0.05) is 40.9 Å². The summed E-state index contributed by atoms with van der Waals surface area (Å²) in [6, 6.07) is 17.2. The number of hydrogen-bond donors (Lipinski definition) is 0. The van der Waals surface area contributed by atoms with Crippen LogP contribution in [0.15, 0.2) is 83.9 Å². The van der Waals surface area contributed by atoms with E-state index in [4.69, 9.17) is 19.4 Å². The van der Waals surface area contributed by atoms with Gasteiger partial charge < -0.3 is 4.42 Å². The lowest BCUT2D eigenvalue weighted by molar-refractivity contribution is 0.672. The van der Waals surface area contributed by atoms with Crippen LogP contribution in [0.1, 0.15) is 50.7 Å². The summed E-state index contributed by atoms with van der Waals surface area (Å²) in [6.07, 6.45) is 8.55. The molecule has 0 spiro atoms. The Morgan fingerprint density at radius 2 is 1.20 bits per heavy atom. The molecule has 8 nitrogen and oxygen atoms in total. The third-order valence-electron chi connectivity index (χ3n) is 8.76. The predicted octanol–water partition coefficient (Wildman–Crippen LogP) is 8.76. The van der Waals surface area contributed by atoms with Crippen LogP contribution >= 0.6 is 0 Å². The van der Waals surface area contributed by atoms with Gasteiger partial charge in [-0.25, -0.2) is 9.97 Å². The average Bonchev–Trinajstić information content (AvgIpc) is 3.60. The molecule has 0 aliphatic carbocycles. The van der Waals surface area contributed by atoms with Gasteiger partial charge >= 0.3 is 0 Å². The van der Waals surface area contributed by atoms with Crippen molar-refractivity contribution in [1.82, 2.24) is 34.5 Å². The van der Waals surface area contributed by atoms with Gasteiger partial charge in [-0.3, -0.25) is 24.5 Å². The molecule has 9 rings (SSSR count). The fourth-order valence-electron chi connectivity index (χ4n) is 6.82. The van der Waals surface area contributed by atoms with Crippen LogP contribution in [0.25, 0.3) is 82.7 Å². The summed E-state index contributed by atoms with van der Waals surface area (Å²) in [5, 5.41) is 4.47. The van der Waals surface area contributed by atoms with Gasteiger partial charge in [0.25, 0.3) is 0 Å². The monoisotopic (exact) mass is 573 g/mol. The maximum absolute atomic E-state index is 6.65. The summed E-state index contributed by atoms with van der Waals surface area (Å²) >= 11 is 0. The van der Waals surface area contributed by atoms with Crippen molar-refractivity contribution in [3.63, 3.8) is 0 Å². The maximum Gasteiger partial charge on any atom is 0.157 e. The standard InChI is InChI=1S/C36H27N7O/c1-18(2)20-9-7-10-22-27-35(23(19(3)4)16-24-21-8-5-6-11-25(21)44-36(24)27)43(34(20)22)26-17-41-32-30-28(37-12-13-39-30)29-31(33(32)42-26)40-15-14-38-29/h5-19H,1-4H3. The summed E-state index contributed by atoms with van der Waals surface area (Å²) in [4.78, 5) is 28.9. The molecule has 212 valence electrons. The van der Waals surface area contributed by atoms with Crippen molar-refractivity contribution in [3.8, 4) is 5.82 Å². The van der Waals surface area contributed by atoms with E-state index < -0.39 is 0 Å². The van der Waals surface area contributed by atoms with Crippen LogP contribution in [0.4, 0.5) is 0 Å². The summed E-state index contributed by atoms with van der Waals surface area (Å²) in [7, 11) is 0. The van der Waals surface area contributed by atoms with E-state index in [0.29, 0.717) is 38.9 Å². The Balaban J connectivity index is 1.51. The van der Waals surface area contributed by atoms with Crippen LogP contribution in [-0.2, 0) is 0 Å². The Hall–Kier alpha value is -5.50. The van der Waals surface area contributed by atoms with Crippen LogP contribution in [-0.4, -0.2) is 34.5 Å². The zero-order valence-electron chi connectivity index (χ0n) is 24.7. The zero-order valence-corrected chi connectivity index (χ0v) is 24.7. The highest BCUT2D eigenvalue weighted by Crippen LogP contribution is 2.45. The van der Waals surface area contributed by atoms with Crippen molar-refractivity contribution in [2.75, 3.05) is 0 Å². The molecule has 44 heavy (non-hydrogen) atoms. The second-order valence-corrected chi connectivity index (χ2v) is 12.0. The molecule has 0 aliphatic rings. The number of benzene rings is 4. The van der Waals surface area contributed by atoms with E-state index in [2.05, 4.69) is 83.6 Å². The molecular weight excluding hydrogens is 546 g/mol. The fraction of sp³-hybridized carbons (Fsp3) is 0.167. The minimum Gasteiger partial charge on any atom is -0.455 e. The summed E-state index contributed by atoms with van der Waals surface area (Å²) in [5.74, 6) is 1.22. The van der Waals surface area contributed by atoms with Gasteiger partial charge in [-0.15, -0.1) is 0 Å². The SMILES string of the molecule is CC(C)c1cccc2c3c4oc5ccccc5c4cc(C(C)C)c3n(-c3cnc4c5nccnc5c5nccnc5c4n3)c12. The van der Waals surface area contributed by atoms with E-state index in [1.807, 2.05) is 18.3 Å². The second-order valence-electron chi connectivity index (χ2n) is 12.0. The molecular formula is C36H27N7O. The lowest BCUT2D eigenvalue weighted by atomic mass is 9.96. The molecule has 0 saturated carbocycles. The predicted molar refractivity (Wildman–Crippen MR) is 176 cm³/mol. The van der Waals surface area contributed by atoms with Crippen molar-refractivity contribution in [1.29, 1.82) is 0 Å². The summed E-state index contributed by atoms with van der Waals surface area (Å²) in [5.41, 5.74) is 10.3. The number of hydrogen-bond acceptors (Lipinski definition) is 7. The molecule has 0 atom stereocenters. The minimum absolute atomic E-state index is 0.237. The molecule has 0 bridgehead atoms. The number of furan rings is 1. The first-order valence-corrected chi connectivity index (χ1v) is 14.9. The van der Waals surface area contributed by atoms with Crippen molar-refractivity contribution in [2.45, 2.75) is 39.5 Å². The van der Waals surface area contributed by atoms with Crippen molar-refractivity contribution in [2.24, 2.45) is 0 Å². The first kappa shape index (κ1) is 25.0. The molecule has 0 unspecified atom stereocenters. The van der Waals surface area contributed by atoms with Crippen LogP contribution < -0.4 is 0 Å². The van der Waals surface area contributed by atoms with Crippen molar-refractivity contribution < 1.29 is 4.42 Å². The van der Waals surface area contributed by atoms with E-state index >= 15 is 0 Å². The molecule has 0 aliphatic heterocycles. The Morgan fingerprint density at radius 1 is 0.591 bits per heavy atom. The third kappa shape index (κ3) is 3.28. The van der Waals surface area contributed by atoms with Crippen molar-refractivity contribution >= 4 is 76.8 Å². The van der Waals surface area contributed by atoms with Gasteiger partial charge in [0.15, 0.2) is 5.82 Å². The van der Waals surface area contributed by atoms with Crippen molar-refractivity contribution in [3.05, 3.63) is 90.6 Å². The highest BCUT2D eigenvalue weighted by molar-refractivity contribution is 6.25. The normalized spacial score (nSPS) is 12.5. The number of aromatic nitrogens is 7. The minimum atomic E-state index is 0.237. The molecule has 9 aromatic rings. The Morgan fingerprint density at radius 3 is 1.89 bits per heavy atom. The van der Waals surface area contributed by atoms with Gasteiger partial charge in [0.05, 0.1) is 22.6 Å². The zero-order chi connectivity index (χ0) is 29.7. The summed E-state index contributed by atoms with van der Waals surface area (Å²) in [6.45, 7) is 8.95. The highest BCUT2D eigenvalue weighted by Gasteiger charge is 2.26. The van der Waals surface area contributed by atoms with Crippen LogP contribution in [0.2, 0.25) is 0 Å². The molecule has 0 fully saturated rings. The van der Waals surface area contributed by atoms with Crippen LogP contribution in [0.3, 0.4) is 0 Å². The largest absolute Gasteiger partial charge is 0.455 e. The van der Waals surface area contributed by atoms with E-state index in [0.717, 1.165) is 43.7 Å². The smallest absolute Gasteiger partial charge is 0.157 e. The van der Waals surface area contributed by atoms with Crippen LogP contribution in [0, 0.1) is 0 Å². The molecule has 5 aromatic heterocycles. The lowest BCUT2D eigenvalue weighted by Crippen LogP contribution is -2.05. The number of fused-ring (bicyclic) bond motifs is 13. The Labute approximate surface area is 251 Å². The fourth-order valence-corrected chi connectivity index (χ4v) is 6.82. The quantitative estimate of drug-likeness (QED) is 0.195. The molecule has 0 N–H and O–H groups in total. The first-order valence-electron chi connectivity index (χ1n) is 14.9. The van der Waals surface area contributed by atoms with Gasteiger partial charge in [-0.1, -0.05) is 64.1 Å². The molecule has 0 radical (unpaired) electrons. The van der Waals surface area contributed by atoms with E-state index in [9.17, 15) is 0 Å². The Kier molecular flexibility index (Phi) is 5.12.